The summed E-state index contributed by atoms with van der Waals surface area (Å²) in [4.78, 5) is 35.8. The first-order valence-corrected chi connectivity index (χ1v) is 9.98. The summed E-state index contributed by atoms with van der Waals surface area (Å²) in [5.41, 5.74) is 8.24. The number of carbonyl (C=O) groups is 3. The second kappa shape index (κ2) is 12.7. The van der Waals surface area contributed by atoms with Gasteiger partial charge in [0.2, 0.25) is 11.8 Å². The number of nitrogens with one attached hydrogen (secondary N) is 3. The van der Waals surface area contributed by atoms with Crippen LogP contribution in [0, 0.1) is 0 Å². The molecule has 3 rings (SSSR count). The summed E-state index contributed by atoms with van der Waals surface area (Å²) in [6.45, 7) is 0.875. The normalized spacial score (nSPS) is 9.97. The van der Waals surface area contributed by atoms with Gasteiger partial charge < -0.3 is 26.1 Å². The van der Waals surface area contributed by atoms with Crippen LogP contribution in [-0.4, -0.2) is 36.5 Å². The van der Waals surface area contributed by atoms with Crippen LogP contribution in [0.5, 0.6) is 0 Å². The third-order valence-corrected chi connectivity index (χ3v) is 4.41. The van der Waals surface area contributed by atoms with E-state index in [9.17, 15) is 14.4 Å². The van der Waals surface area contributed by atoms with Crippen molar-refractivity contribution in [1.82, 2.24) is 15.6 Å². The van der Waals surface area contributed by atoms with Crippen molar-refractivity contribution in [2.75, 3.05) is 13.6 Å². The van der Waals surface area contributed by atoms with Crippen molar-refractivity contribution in [1.29, 1.82) is 0 Å². The second-order valence-corrected chi connectivity index (χ2v) is 6.74. The van der Waals surface area contributed by atoms with Crippen molar-refractivity contribution >= 4 is 28.8 Å². The van der Waals surface area contributed by atoms with Crippen molar-refractivity contribution in [3.8, 4) is 0 Å². The van der Waals surface area contributed by atoms with E-state index < -0.39 is 12.0 Å². The second-order valence-electron chi connectivity index (χ2n) is 6.74. The Morgan fingerprint density at radius 2 is 1.71 bits per heavy atom. The molecule has 1 aromatic heterocycles. The third-order valence-electron chi connectivity index (χ3n) is 4.41. The lowest BCUT2D eigenvalue weighted by Gasteiger charge is -2.03. The van der Waals surface area contributed by atoms with Crippen molar-refractivity contribution < 1.29 is 19.1 Å². The Balaban J connectivity index is 0.000000245. The molecule has 164 valence electrons. The van der Waals surface area contributed by atoms with E-state index in [1.165, 1.54) is 18.0 Å². The molecule has 0 spiro atoms. The van der Waals surface area contributed by atoms with Gasteiger partial charge in [0.05, 0.1) is 0 Å². The van der Waals surface area contributed by atoms with Crippen molar-refractivity contribution in [3.63, 3.8) is 0 Å². The quantitative estimate of drug-likeness (QED) is 0.443. The molecule has 3 amide bonds. The molecule has 8 heteroatoms. The summed E-state index contributed by atoms with van der Waals surface area (Å²) in [5.74, 6) is -0.592. The van der Waals surface area contributed by atoms with Crippen LogP contribution in [0.4, 0.5) is 4.79 Å². The van der Waals surface area contributed by atoms with Crippen LogP contribution in [0.2, 0.25) is 0 Å². The summed E-state index contributed by atoms with van der Waals surface area (Å²) in [7, 11) is 1.54. The zero-order valence-corrected chi connectivity index (χ0v) is 17.5. The van der Waals surface area contributed by atoms with Gasteiger partial charge in [0.25, 0.3) is 0 Å². The predicted octanol–water partition coefficient (Wildman–Crippen LogP) is 2.63. The van der Waals surface area contributed by atoms with E-state index in [0.717, 1.165) is 17.5 Å². The fraction of sp³-hybridized carbons (Fsp3) is 0.261. The molecular weight excluding hydrogens is 396 g/mol. The summed E-state index contributed by atoms with van der Waals surface area (Å²) in [5, 5.41) is 6.33. The van der Waals surface area contributed by atoms with Crippen LogP contribution in [0.3, 0.4) is 0 Å². The Labute approximate surface area is 181 Å². The highest BCUT2D eigenvalue weighted by atomic mass is 16.5. The number of para-hydroxylation sites is 1. The predicted molar refractivity (Wildman–Crippen MR) is 119 cm³/mol. The minimum Gasteiger partial charge on any atom is -0.445 e. The highest BCUT2D eigenvalue weighted by molar-refractivity contribution is 5.84. The highest BCUT2D eigenvalue weighted by Crippen LogP contribution is 2.17. The lowest BCUT2D eigenvalue weighted by molar-refractivity contribution is -0.125. The number of carbonyl (C=O) groups excluding carboxylic acids is 3. The Hall–Kier alpha value is -3.81. The van der Waals surface area contributed by atoms with Gasteiger partial charge in [-0.1, -0.05) is 48.5 Å². The molecule has 0 saturated carbocycles. The lowest BCUT2D eigenvalue weighted by Crippen LogP contribution is -2.26. The average molecular weight is 425 g/mol. The highest BCUT2D eigenvalue weighted by Gasteiger charge is 2.05. The molecule has 0 bridgehead atoms. The largest absolute Gasteiger partial charge is 0.445 e. The molecule has 5 N–H and O–H groups in total. The smallest absolute Gasteiger partial charge is 0.407 e. The molecule has 0 atom stereocenters. The van der Waals surface area contributed by atoms with Crippen LogP contribution in [0.1, 0.15) is 24.0 Å². The summed E-state index contributed by atoms with van der Waals surface area (Å²) < 4.78 is 4.83. The molecule has 3 aromatic rings. The molecule has 0 aliphatic heterocycles. The van der Waals surface area contributed by atoms with Crippen LogP contribution in [-0.2, 0) is 27.4 Å². The number of aromatic amines is 1. The zero-order valence-electron chi connectivity index (χ0n) is 17.5. The number of rotatable bonds is 8. The van der Waals surface area contributed by atoms with Gasteiger partial charge in [-0.25, -0.2) is 4.79 Å². The number of fused-ring (bicyclic) bond motifs is 1. The third kappa shape index (κ3) is 8.61. The fourth-order valence-corrected chi connectivity index (χ4v) is 2.80. The molecule has 2 aromatic carbocycles. The van der Waals surface area contributed by atoms with Gasteiger partial charge in [0.1, 0.15) is 6.61 Å². The van der Waals surface area contributed by atoms with Crippen LogP contribution in [0.25, 0.3) is 10.9 Å². The van der Waals surface area contributed by atoms with E-state index in [1.54, 1.807) is 0 Å². The van der Waals surface area contributed by atoms with Gasteiger partial charge in [-0.3, -0.25) is 9.59 Å². The van der Waals surface area contributed by atoms with E-state index >= 15 is 0 Å². The minimum absolute atomic E-state index is 0.0961. The van der Waals surface area contributed by atoms with Gasteiger partial charge in [0.15, 0.2) is 0 Å². The number of amides is 3. The maximum Gasteiger partial charge on any atom is 0.407 e. The first kappa shape index (κ1) is 23.5. The standard InChI is InChI=1S/C14H17N3O2.C9H11NO2/c15-13(18)5-6-14(19)16-8-7-10-9-17-12-4-2-1-3-11(10)12;1-10-9(11)12-7-8-5-3-2-4-6-8/h1-4,9,17H,5-8H2,(H2,15,18)(H,16,19);2-6H,7H2,1H3,(H,10,11). The maximum atomic E-state index is 11.4. The number of ether oxygens (including phenoxy) is 1. The number of benzene rings is 2. The number of nitrogens with two attached hydrogens (primary N) is 1. The van der Waals surface area contributed by atoms with E-state index in [-0.39, 0.29) is 18.7 Å². The SMILES string of the molecule is CNC(=O)OCc1ccccc1.NC(=O)CCC(=O)NCCc1c[nH]c2ccccc12. The van der Waals surface area contributed by atoms with Crippen LogP contribution >= 0.6 is 0 Å². The molecule has 0 fully saturated rings. The topological polar surface area (TPSA) is 126 Å². The van der Waals surface area contributed by atoms with Crippen molar-refractivity contribution in [3.05, 3.63) is 71.9 Å². The number of hydrogen-bond donors (Lipinski definition) is 4. The fourth-order valence-electron chi connectivity index (χ4n) is 2.80. The Morgan fingerprint density at radius 3 is 2.42 bits per heavy atom. The average Bonchev–Trinajstić information content (AvgIpc) is 3.20. The molecule has 0 saturated heterocycles. The van der Waals surface area contributed by atoms with E-state index in [4.69, 9.17) is 10.5 Å². The van der Waals surface area contributed by atoms with E-state index in [1.807, 2.05) is 54.7 Å². The van der Waals surface area contributed by atoms with Crippen LogP contribution in [0.15, 0.2) is 60.8 Å². The van der Waals surface area contributed by atoms with Gasteiger partial charge >= 0.3 is 6.09 Å². The molecule has 0 aliphatic rings. The molecule has 0 aliphatic carbocycles. The summed E-state index contributed by atoms with van der Waals surface area (Å²) in [6.07, 6.45) is 2.56. The Kier molecular flexibility index (Phi) is 9.61. The number of alkyl carbamates (subject to hydrolysis) is 1. The molecule has 8 nitrogen and oxygen atoms in total. The zero-order chi connectivity index (χ0) is 22.5. The number of hydrogen-bond acceptors (Lipinski definition) is 4. The summed E-state index contributed by atoms with van der Waals surface area (Å²) in [6, 6.07) is 17.6. The van der Waals surface area contributed by atoms with Gasteiger partial charge in [-0.05, 0) is 23.6 Å². The van der Waals surface area contributed by atoms with E-state index in [0.29, 0.717) is 13.2 Å². The van der Waals surface area contributed by atoms with Gasteiger partial charge in [0, 0.05) is 43.5 Å². The molecular formula is C23H28N4O4. The summed E-state index contributed by atoms with van der Waals surface area (Å²) >= 11 is 0. The monoisotopic (exact) mass is 424 g/mol. The van der Waals surface area contributed by atoms with E-state index in [2.05, 4.69) is 21.7 Å². The number of aromatic nitrogens is 1. The Bertz CT molecular complexity index is 985. The van der Waals surface area contributed by atoms with Crippen LogP contribution < -0.4 is 16.4 Å². The minimum atomic E-state index is -0.452. The molecule has 31 heavy (non-hydrogen) atoms. The van der Waals surface area contributed by atoms with Gasteiger partial charge in [-0.2, -0.15) is 0 Å². The molecule has 0 radical (unpaired) electrons. The lowest BCUT2D eigenvalue weighted by atomic mass is 10.1. The maximum absolute atomic E-state index is 11.4. The molecule has 1 heterocycles. The number of primary amides is 1. The Morgan fingerprint density at radius 1 is 1.00 bits per heavy atom. The molecule has 0 unspecified atom stereocenters. The van der Waals surface area contributed by atoms with Crippen molar-refractivity contribution in [2.45, 2.75) is 25.9 Å². The van der Waals surface area contributed by atoms with Gasteiger partial charge in [-0.15, -0.1) is 0 Å². The van der Waals surface area contributed by atoms with Crippen molar-refractivity contribution in [2.24, 2.45) is 5.73 Å². The first-order valence-electron chi connectivity index (χ1n) is 9.98. The number of H-pyrrole nitrogens is 1. The first-order chi connectivity index (χ1) is 15.0.